The third-order valence-corrected chi connectivity index (χ3v) is 4.39. The lowest BCUT2D eigenvalue weighted by Crippen LogP contribution is -2.06. The maximum Gasteiger partial charge on any atom is 0.345 e. The van der Waals surface area contributed by atoms with Crippen molar-refractivity contribution in [3.05, 3.63) is 88.4 Å². The highest BCUT2D eigenvalue weighted by atomic mass is 16.5. The molecule has 0 atom stereocenters. The average molecular weight is 373 g/mol. The summed E-state index contributed by atoms with van der Waals surface area (Å²) in [5.74, 6) is 0.0193. The van der Waals surface area contributed by atoms with E-state index < -0.39 is 5.63 Å². The number of carbonyl (C=O) groups excluding carboxylic acids is 1. The fourth-order valence-electron chi connectivity index (χ4n) is 2.97. The number of para-hydroxylation sites is 2. The molecule has 2 aromatic carbocycles. The summed E-state index contributed by atoms with van der Waals surface area (Å²) in [6, 6.07) is 16.4. The number of aromatic nitrogens is 1. The van der Waals surface area contributed by atoms with E-state index in [9.17, 15) is 14.7 Å². The molecule has 0 aliphatic heterocycles. The van der Waals surface area contributed by atoms with Crippen LogP contribution in [0.15, 0.2) is 76.1 Å². The lowest BCUT2D eigenvalue weighted by molar-refractivity contribution is 0.103. The van der Waals surface area contributed by atoms with Crippen molar-refractivity contribution in [3.8, 4) is 22.8 Å². The first kappa shape index (κ1) is 17.5. The molecule has 6 heteroatoms. The van der Waals surface area contributed by atoms with Crippen molar-refractivity contribution in [1.82, 2.24) is 4.98 Å². The largest absolute Gasteiger partial charge is 0.507 e. The quantitative estimate of drug-likeness (QED) is 0.432. The van der Waals surface area contributed by atoms with Gasteiger partial charge in [0, 0.05) is 17.1 Å². The van der Waals surface area contributed by atoms with Crippen LogP contribution in [0.5, 0.6) is 11.5 Å². The van der Waals surface area contributed by atoms with Gasteiger partial charge >= 0.3 is 5.63 Å². The molecule has 0 aliphatic carbocycles. The van der Waals surface area contributed by atoms with Gasteiger partial charge < -0.3 is 14.3 Å². The van der Waals surface area contributed by atoms with Gasteiger partial charge in [0.15, 0.2) is 17.1 Å². The molecule has 4 aromatic rings. The topological polar surface area (TPSA) is 89.6 Å². The number of phenolic OH excluding ortho intramolecular Hbond substituents is 1. The number of aromatic hydroxyl groups is 1. The molecule has 138 valence electrons. The Morgan fingerprint density at radius 1 is 1.07 bits per heavy atom. The first-order chi connectivity index (χ1) is 13.6. The van der Waals surface area contributed by atoms with Crippen molar-refractivity contribution in [1.29, 1.82) is 0 Å². The number of nitrogens with zero attached hydrogens (tertiary/aromatic N) is 1. The van der Waals surface area contributed by atoms with Crippen molar-refractivity contribution >= 4 is 16.8 Å². The number of ketones is 1. The van der Waals surface area contributed by atoms with Crippen LogP contribution in [-0.4, -0.2) is 23.0 Å². The number of hydrogen-bond donors (Lipinski definition) is 1. The van der Waals surface area contributed by atoms with Crippen molar-refractivity contribution < 1.29 is 19.1 Å². The van der Waals surface area contributed by atoms with Gasteiger partial charge in [0.1, 0.15) is 5.75 Å². The van der Waals surface area contributed by atoms with E-state index in [1.54, 1.807) is 48.5 Å². The predicted octanol–water partition coefficient (Wildman–Crippen LogP) is 3.80. The highest BCUT2D eigenvalue weighted by molar-refractivity contribution is 6.10. The van der Waals surface area contributed by atoms with E-state index in [1.807, 2.05) is 0 Å². The Kier molecular flexibility index (Phi) is 4.37. The lowest BCUT2D eigenvalue weighted by atomic mass is 10.0. The van der Waals surface area contributed by atoms with Crippen molar-refractivity contribution in [2.45, 2.75) is 0 Å². The number of carbonyl (C=O) groups is 1. The Balaban J connectivity index is 1.73. The minimum atomic E-state index is -0.552. The van der Waals surface area contributed by atoms with E-state index in [1.165, 1.54) is 25.4 Å². The van der Waals surface area contributed by atoms with E-state index in [2.05, 4.69) is 4.98 Å². The summed E-state index contributed by atoms with van der Waals surface area (Å²) in [4.78, 5) is 29.2. The average Bonchev–Trinajstić information content (AvgIpc) is 2.73. The number of ether oxygens (including phenoxy) is 1. The van der Waals surface area contributed by atoms with Gasteiger partial charge in [0.2, 0.25) is 0 Å². The molecular weight excluding hydrogens is 358 g/mol. The van der Waals surface area contributed by atoms with Crippen LogP contribution in [-0.2, 0) is 0 Å². The van der Waals surface area contributed by atoms with Crippen LogP contribution >= 0.6 is 0 Å². The van der Waals surface area contributed by atoms with Crippen LogP contribution in [0.2, 0.25) is 0 Å². The monoisotopic (exact) mass is 373 g/mol. The highest BCUT2D eigenvalue weighted by Crippen LogP contribution is 2.27. The van der Waals surface area contributed by atoms with Gasteiger partial charge in [-0.2, -0.15) is 0 Å². The molecule has 0 bridgehead atoms. The van der Waals surface area contributed by atoms with Crippen LogP contribution in [0.3, 0.4) is 0 Å². The van der Waals surface area contributed by atoms with Gasteiger partial charge in [0.05, 0.1) is 23.9 Å². The summed E-state index contributed by atoms with van der Waals surface area (Å²) in [7, 11) is 1.50. The second-order valence-corrected chi connectivity index (χ2v) is 6.10. The SMILES string of the molecule is COc1cccc2cc(-c3ccc(C(=O)c4ccccc4O)cn3)c(=O)oc12. The number of phenols is 1. The summed E-state index contributed by atoms with van der Waals surface area (Å²) < 4.78 is 10.6. The van der Waals surface area contributed by atoms with Gasteiger partial charge in [-0.1, -0.05) is 24.3 Å². The van der Waals surface area contributed by atoms with Crippen LogP contribution in [0, 0.1) is 0 Å². The van der Waals surface area contributed by atoms with E-state index in [-0.39, 0.29) is 22.7 Å². The maximum atomic E-state index is 12.5. The zero-order valence-electron chi connectivity index (χ0n) is 14.9. The fourth-order valence-corrected chi connectivity index (χ4v) is 2.97. The molecule has 28 heavy (non-hydrogen) atoms. The number of pyridine rings is 1. The highest BCUT2D eigenvalue weighted by Gasteiger charge is 2.15. The van der Waals surface area contributed by atoms with E-state index in [0.717, 1.165) is 0 Å². The summed E-state index contributed by atoms with van der Waals surface area (Å²) in [5, 5.41) is 10.5. The maximum absolute atomic E-state index is 12.5. The van der Waals surface area contributed by atoms with Crippen LogP contribution < -0.4 is 10.4 Å². The zero-order valence-corrected chi connectivity index (χ0v) is 14.9. The number of fused-ring (bicyclic) bond motifs is 1. The number of rotatable bonds is 4. The standard InChI is InChI=1S/C22H15NO5/c1-27-19-8-4-5-13-11-16(22(26)28-21(13)19)17-10-9-14(12-23-17)20(25)15-6-2-3-7-18(15)24/h2-12,24H,1H3. The molecule has 2 aromatic heterocycles. The molecule has 2 heterocycles. The number of benzene rings is 2. The molecule has 0 saturated heterocycles. The van der Waals surface area contributed by atoms with Crippen LogP contribution in [0.4, 0.5) is 0 Å². The molecule has 0 unspecified atom stereocenters. The van der Waals surface area contributed by atoms with E-state index in [0.29, 0.717) is 28.0 Å². The Bertz CT molecular complexity index is 1240. The Morgan fingerprint density at radius 2 is 1.89 bits per heavy atom. The van der Waals surface area contributed by atoms with Crippen molar-refractivity contribution in [3.63, 3.8) is 0 Å². The number of hydrogen-bond acceptors (Lipinski definition) is 6. The minimum absolute atomic E-state index is 0.0966. The molecule has 0 aliphatic rings. The van der Waals surface area contributed by atoms with Gasteiger partial charge in [-0.15, -0.1) is 0 Å². The Morgan fingerprint density at radius 3 is 2.61 bits per heavy atom. The van der Waals surface area contributed by atoms with Crippen molar-refractivity contribution in [2.75, 3.05) is 7.11 Å². The smallest absolute Gasteiger partial charge is 0.345 e. The summed E-state index contributed by atoms with van der Waals surface area (Å²) >= 11 is 0. The fraction of sp³-hybridized carbons (Fsp3) is 0.0455. The first-order valence-corrected chi connectivity index (χ1v) is 8.48. The first-order valence-electron chi connectivity index (χ1n) is 8.48. The summed E-state index contributed by atoms with van der Waals surface area (Å²) in [6.07, 6.45) is 1.37. The van der Waals surface area contributed by atoms with Gasteiger partial charge in [-0.25, -0.2) is 4.79 Å². The molecule has 1 N–H and O–H groups in total. The zero-order chi connectivity index (χ0) is 19.7. The molecule has 4 rings (SSSR count). The van der Waals surface area contributed by atoms with E-state index >= 15 is 0 Å². The lowest BCUT2D eigenvalue weighted by Gasteiger charge is -2.07. The predicted molar refractivity (Wildman–Crippen MR) is 104 cm³/mol. The summed E-state index contributed by atoms with van der Waals surface area (Å²) in [5.41, 5.74) is 0.968. The Hall–Kier alpha value is -3.93. The summed E-state index contributed by atoms with van der Waals surface area (Å²) in [6.45, 7) is 0. The molecular formula is C22H15NO5. The minimum Gasteiger partial charge on any atom is -0.507 e. The van der Waals surface area contributed by atoms with E-state index in [4.69, 9.17) is 9.15 Å². The molecule has 0 radical (unpaired) electrons. The molecule has 0 spiro atoms. The third kappa shape index (κ3) is 3.01. The van der Waals surface area contributed by atoms with Crippen LogP contribution in [0.25, 0.3) is 22.2 Å². The molecule has 0 fully saturated rings. The Labute approximate surface area is 159 Å². The van der Waals surface area contributed by atoms with Crippen molar-refractivity contribution in [2.24, 2.45) is 0 Å². The second-order valence-electron chi connectivity index (χ2n) is 6.10. The third-order valence-electron chi connectivity index (χ3n) is 4.39. The molecule has 0 amide bonds. The number of methoxy groups -OCH3 is 1. The molecule has 0 saturated carbocycles. The van der Waals surface area contributed by atoms with Gasteiger partial charge in [0.25, 0.3) is 0 Å². The second kappa shape index (κ2) is 7.00. The van der Waals surface area contributed by atoms with Gasteiger partial charge in [-0.3, -0.25) is 9.78 Å². The molecule has 6 nitrogen and oxygen atoms in total. The normalized spacial score (nSPS) is 10.8. The van der Waals surface area contributed by atoms with Gasteiger partial charge in [-0.05, 0) is 36.4 Å². The van der Waals surface area contributed by atoms with Crippen LogP contribution in [0.1, 0.15) is 15.9 Å².